The summed E-state index contributed by atoms with van der Waals surface area (Å²) in [5, 5.41) is 12.3. The maximum absolute atomic E-state index is 12.1. The van der Waals surface area contributed by atoms with Gasteiger partial charge in [0.25, 0.3) is 5.91 Å². The molecule has 4 nitrogen and oxygen atoms in total. The molecule has 1 aliphatic rings. The summed E-state index contributed by atoms with van der Waals surface area (Å²) < 4.78 is 0. The summed E-state index contributed by atoms with van der Waals surface area (Å²) in [6, 6.07) is 6.71. The lowest BCUT2D eigenvalue weighted by molar-refractivity contribution is 0.0630. The van der Waals surface area contributed by atoms with Crippen molar-refractivity contribution in [3.05, 3.63) is 29.8 Å². The van der Waals surface area contributed by atoms with Crippen molar-refractivity contribution >= 4 is 5.91 Å². The van der Waals surface area contributed by atoms with Gasteiger partial charge in [-0.25, -0.2) is 0 Å². The predicted octanol–water partition coefficient (Wildman–Crippen LogP) is 0.826. The van der Waals surface area contributed by atoms with Crippen molar-refractivity contribution in [2.24, 2.45) is 0 Å². The molecule has 0 aromatic heterocycles. The normalized spacial score (nSPS) is 15.6. The molecule has 2 N–H and O–H groups in total. The van der Waals surface area contributed by atoms with Crippen LogP contribution in [0.15, 0.2) is 24.3 Å². The third-order valence-electron chi connectivity index (χ3n) is 2.92. The number of phenols is 1. The summed E-state index contributed by atoms with van der Waals surface area (Å²) in [5.74, 6) is 0.221. The van der Waals surface area contributed by atoms with E-state index in [2.05, 4.69) is 5.32 Å². The van der Waals surface area contributed by atoms with Gasteiger partial charge in [0.2, 0.25) is 0 Å². The van der Waals surface area contributed by atoms with Crippen LogP contribution in [-0.4, -0.2) is 41.6 Å². The molecule has 0 unspecified atom stereocenters. The average molecular weight is 220 g/mol. The Labute approximate surface area is 94.9 Å². The molecule has 2 rings (SSSR count). The van der Waals surface area contributed by atoms with Gasteiger partial charge in [0.05, 0.1) is 6.04 Å². The van der Waals surface area contributed by atoms with E-state index in [9.17, 15) is 4.79 Å². The molecule has 1 aromatic rings. The molecule has 1 heterocycles. The Kier molecular flexibility index (Phi) is 3.10. The first kappa shape index (κ1) is 11.0. The van der Waals surface area contributed by atoms with Crippen molar-refractivity contribution in [1.82, 2.24) is 10.2 Å². The van der Waals surface area contributed by atoms with Crippen molar-refractivity contribution in [3.63, 3.8) is 0 Å². The third kappa shape index (κ3) is 2.02. The van der Waals surface area contributed by atoms with E-state index in [1.165, 1.54) is 0 Å². The molecule has 0 radical (unpaired) electrons. The highest BCUT2D eigenvalue weighted by molar-refractivity contribution is 5.94. The van der Waals surface area contributed by atoms with Crippen LogP contribution in [0.3, 0.4) is 0 Å². The summed E-state index contributed by atoms with van der Waals surface area (Å²) in [5.41, 5.74) is 0.631. The van der Waals surface area contributed by atoms with E-state index in [-0.39, 0.29) is 11.7 Å². The van der Waals surface area contributed by atoms with Gasteiger partial charge >= 0.3 is 0 Å². The topological polar surface area (TPSA) is 52.6 Å². The van der Waals surface area contributed by atoms with Crippen molar-refractivity contribution in [2.75, 3.05) is 19.6 Å². The number of phenolic OH excluding ortho intramolecular Hbond substituents is 1. The van der Waals surface area contributed by atoms with E-state index in [0.29, 0.717) is 18.2 Å². The zero-order valence-electron chi connectivity index (χ0n) is 9.31. The van der Waals surface area contributed by atoms with Gasteiger partial charge < -0.3 is 15.3 Å². The summed E-state index contributed by atoms with van der Waals surface area (Å²) >= 11 is 0. The molecule has 0 bridgehead atoms. The van der Waals surface area contributed by atoms with Crippen molar-refractivity contribution in [2.45, 2.75) is 13.0 Å². The summed E-state index contributed by atoms with van der Waals surface area (Å²) in [6.07, 6.45) is 0. The fourth-order valence-corrected chi connectivity index (χ4v) is 1.83. The molecule has 0 saturated carbocycles. The number of rotatable bonds is 3. The Bertz CT molecular complexity index is 371. The highest BCUT2D eigenvalue weighted by Gasteiger charge is 2.27. The van der Waals surface area contributed by atoms with E-state index in [1.807, 2.05) is 11.8 Å². The second-order valence-electron chi connectivity index (χ2n) is 3.95. The molecule has 86 valence electrons. The van der Waals surface area contributed by atoms with Crippen LogP contribution in [-0.2, 0) is 0 Å². The van der Waals surface area contributed by atoms with Crippen LogP contribution in [0.4, 0.5) is 0 Å². The quantitative estimate of drug-likeness (QED) is 0.793. The molecule has 0 spiro atoms. The Balaban J connectivity index is 2.12. The molecule has 1 fully saturated rings. The van der Waals surface area contributed by atoms with Gasteiger partial charge in [0.15, 0.2) is 0 Å². The maximum Gasteiger partial charge on any atom is 0.254 e. The van der Waals surface area contributed by atoms with E-state index in [0.717, 1.165) is 13.1 Å². The largest absolute Gasteiger partial charge is 0.508 e. The molecular weight excluding hydrogens is 204 g/mol. The predicted molar refractivity (Wildman–Crippen MR) is 61.5 cm³/mol. The number of aromatic hydroxyl groups is 1. The van der Waals surface area contributed by atoms with Crippen LogP contribution in [0.1, 0.15) is 17.3 Å². The molecule has 4 heteroatoms. The van der Waals surface area contributed by atoms with Gasteiger partial charge in [-0.3, -0.25) is 4.79 Å². The first-order valence-electron chi connectivity index (χ1n) is 5.53. The number of carbonyl (C=O) groups is 1. The second kappa shape index (κ2) is 4.53. The molecule has 0 aliphatic carbocycles. The van der Waals surface area contributed by atoms with Crippen molar-refractivity contribution < 1.29 is 9.90 Å². The van der Waals surface area contributed by atoms with E-state index >= 15 is 0 Å². The highest BCUT2D eigenvalue weighted by Crippen LogP contribution is 2.14. The lowest BCUT2D eigenvalue weighted by Gasteiger charge is -2.37. The van der Waals surface area contributed by atoms with Gasteiger partial charge in [-0.2, -0.15) is 0 Å². The van der Waals surface area contributed by atoms with Gasteiger partial charge in [-0.15, -0.1) is 0 Å². The van der Waals surface area contributed by atoms with Crippen LogP contribution in [0.25, 0.3) is 0 Å². The van der Waals surface area contributed by atoms with E-state index in [4.69, 9.17) is 5.11 Å². The van der Waals surface area contributed by atoms with Crippen LogP contribution in [0, 0.1) is 0 Å². The molecule has 16 heavy (non-hydrogen) atoms. The van der Waals surface area contributed by atoms with E-state index < -0.39 is 0 Å². The summed E-state index contributed by atoms with van der Waals surface area (Å²) in [4.78, 5) is 14.0. The first-order chi connectivity index (χ1) is 7.72. The zero-order chi connectivity index (χ0) is 11.5. The van der Waals surface area contributed by atoms with Crippen molar-refractivity contribution in [1.29, 1.82) is 0 Å². The number of benzene rings is 1. The number of carbonyl (C=O) groups excluding carboxylic acids is 1. The Morgan fingerprint density at radius 2 is 2.06 bits per heavy atom. The smallest absolute Gasteiger partial charge is 0.254 e. The second-order valence-corrected chi connectivity index (χ2v) is 3.95. The van der Waals surface area contributed by atoms with Crippen molar-refractivity contribution in [3.8, 4) is 5.75 Å². The molecule has 1 amide bonds. The lowest BCUT2D eigenvalue weighted by Crippen LogP contribution is -2.58. The number of nitrogens with zero attached hydrogens (tertiary/aromatic N) is 1. The van der Waals surface area contributed by atoms with Crippen LogP contribution in [0.5, 0.6) is 5.75 Å². The minimum Gasteiger partial charge on any atom is -0.508 e. The number of hydrogen-bond donors (Lipinski definition) is 2. The Morgan fingerprint density at radius 1 is 1.44 bits per heavy atom. The molecule has 1 aromatic carbocycles. The maximum atomic E-state index is 12.1. The summed E-state index contributed by atoms with van der Waals surface area (Å²) in [6.45, 7) is 4.44. The molecular formula is C12H16N2O2. The molecule has 1 saturated heterocycles. The van der Waals surface area contributed by atoms with Gasteiger partial charge in [-0.05, 0) is 31.2 Å². The first-order valence-corrected chi connectivity index (χ1v) is 5.53. The van der Waals surface area contributed by atoms with Crippen LogP contribution < -0.4 is 5.32 Å². The standard InChI is InChI=1S/C12H16N2O2/c1-2-14(10-7-13-8-10)12(16)9-3-5-11(15)6-4-9/h3-6,10,13,15H,2,7-8H2,1H3. The number of hydrogen-bond acceptors (Lipinski definition) is 3. The minimum absolute atomic E-state index is 0.0361. The van der Waals surface area contributed by atoms with Gasteiger partial charge in [0.1, 0.15) is 5.75 Å². The zero-order valence-corrected chi connectivity index (χ0v) is 9.31. The molecule has 1 aliphatic heterocycles. The van der Waals surface area contributed by atoms with Crippen LogP contribution in [0.2, 0.25) is 0 Å². The van der Waals surface area contributed by atoms with Gasteiger partial charge in [0, 0.05) is 25.2 Å². The van der Waals surface area contributed by atoms with E-state index in [1.54, 1.807) is 24.3 Å². The Hall–Kier alpha value is -1.55. The van der Waals surface area contributed by atoms with Gasteiger partial charge in [-0.1, -0.05) is 0 Å². The highest BCUT2D eigenvalue weighted by atomic mass is 16.3. The Morgan fingerprint density at radius 3 is 2.50 bits per heavy atom. The summed E-state index contributed by atoms with van der Waals surface area (Å²) in [7, 11) is 0. The fourth-order valence-electron chi connectivity index (χ4n) is 1.83. The number of amides is 1. The number of likely N-dealkylation sites (N-methyl/N-ethyl adjacent to an activating group) is 1. The molecule has 0 atom stereocenters. The minimum atomic E-state index is 0.0361. The monoisotopic (exact) mass is 220 g/mol. The SMILES string of the molecule is CCN(C(=O)c1ccc(O)cc1)C1CNC1. The number of nitrogens with one attached hydrogen (secondary N) is 1. The third-order valence-corrected chi connectivity index (χ3v) is 2.92. The fraction of sp³-hybridized carbons (Fsp3) is 0.417. The van der Waals surface area contributed by atoms with Crippen LogP contribution >= 0.6 is 0 Å². The average Bonchev–Trinajstić information content (AvgIpc) is 2.23. The lowest BCUT2D eigenvalue weighted by atomic mass is 10.1.